The Kier molecular flexibility index (Phi) is 2.55. The zero-order valence-corrected chi connectivity index (χ0v) is 8.22. The minimum Gasteiger partial charge on any atom is -0.460 e. The third-order valence-electron chi connectivity index (χ3n) is 2.50. The molecule has 1 aliphatic rings. The largest absolute Gasteiger partial charge is 0.460 e. The molecule has 0 amide bonds. The van der Waals surface area contributed by atoms with Crippen molar-refractivity contribution in [3.63, 3.8) is 0 Å². The zero-order valence-electron chi connectivity index (χ0n) is 8.22. The van der Waals surface area contributed by atoms with Crippen molar-refractivity contribution < 1.29 is 14.3 Å². The van der Waals surface area contributed by atoms with Crippen LogP contribution >= 0.6 is 0 Å². The molecular weight excluding hydrogens is 168 g/mol. The van der Waals surface area contributed by atoms with Gasteiger partial charge in [0.25, 0.3) is 0 Å². The van der Waals surface area contributed by atoms with Crippen molar-refractivity contribution in [1.82, 2.24) is 0 Å². The van der Waals surface area contributed by atoms with E-state index < -0.39 is 5.41 Å². The van der Waals surface area contributed by atoms with Crippen LogP contribution in [0.2, 0.25) is 0 Å². The van der Waals surface area contributed by atoms with Gasteiger partial charge in [-0.3, -0.25) is 9.59 Å². The van der Waals surface area contributed by atoms with Gasteiger partial charge in [-0.25, -0.2) is 0 Å². The maximum absolute atomic E-state index is 11.3. The zero-order chi connectivity index (χ0) is 10.1. The highest BCUT2D eigenvalue weighted by Gasteiger charge is 2.35. The molecule has 0 aliphatic carbocycles. The van der Waals surface area contributed by atoms with Crippen LogP contribution in [0.3, 0.4) is 0 Å². The molecule has 0 N–H and O–H groups in total. The fourth-order valence-electron chi connectivity index (χ4n) is 1.24. The minimum atomic E-state index is -0.612. The van der Waals surface area contributed by atoms with Crippen LogP contribution < -0.4 is 0 Å². The lowest BCUT2D eigenvalue weighted by molar-refractivity contribution is -0.153. The van der Waals surface area contributed by atoms with Gasteiger partial charge in [-0.15, -0.1) is 0 Å². The fraction of sp³-hybridized carbons (Fsp3) is 0.600. The van der Waals surface area contributed by atoms with Gasteiger partial charge in [0.2, 0.25) is 0 Å². The number of Topliss-reactive ketones (excluding diaryl/α,β-unsaturated/α-hetero) is 1. The van der Waals surface area contributed by atoms with Crippen molar-refractivity contribution in [1.29, 1.82) is 0 Å². The van der Waals surface area contributed by atoms with Gasteiger partial charge in [-0.1, -0.05) is 13.0 Å². The molecule has 0 aromatic rings. The van der Waals surface area contributed by atoms with E-state index in [1.165, 1.54) is 6.92 Å². The average Bonchev–Trinajstić information content (AvgIpc) is 2.09. The Morgan fingerprint density at radius 1 is 1.69 bits per heavy atom. The maximum Gasteiger partial charge on any atom is 0.315 e. The lowest BCUT2D eigenvalue weighted by Gasteiger charge is -2.27. The first-order valence-corrected chi connectivity index (χ1v) is 4.39. The standard InChI is InChI=1S/C10H14O3/c1-4-10(3)5-8(7(2)11)6-13-9(10)12/h5H,4,6H2,1-3H3. The van der Waals surface area contributed by atoms with Gasteiger partial charge in [0, 0.05) is 5.57 Å². The Balaban J connectivity index is 3.00. The van der Waals surface area contributed by atoms with Crippen LogP contribution in [-0.4, -0.2) is 18.4 Å². The van der Waals surface area contributed by atoms with Crippen molar-refractivity contribution >= 4 is 11.8 Å². The lowest BCUT2D eigenvalue weighted by atomic mass is 9.83. The predicted octanol–water partition coefficient (Wildman–Crippen LogP) is 1.47. The molecule has 1 atom stereocenters. The summed E-state index contributed by atoms with van der Waals surface area (Å²) in [5.74, 6) is -0.257. The Labute approximate surface area is 77.8 Å². The molecule has 3 nitrogen and oxygen atoms in total. The van der Waals surface area contributed by atoms with E-state index in [2.05, 4.69) is 0 Å². The molecule has 0 bridgehead atoms. The summed E-state index contributed by atoms with van der Waals surface area (Å²) >= 11 is 0. The van der Waals surface area contributed by atoms with Crippen molar-refractivity contribution in [3.05, 3.63) is 11.6 Å². The van der Waals surface area contributed by atoms with E-state index in [-0.39, 0.29) is 18.4 Å². The normalized spacial score (nSPS) is 27.9. The second-order valence-corrected chi connectivity index (χ2v) is 3.57. The molecule has 0 aromatic carbocycles. The van der Waals surface area contributed by atoms with Crippen molar-refractivity contribution in [3.8, 4) is 0 Å². The van der Waals surface area contributed by atoms with Crippen LogP contribution in [-0.2, 0) is 14.3 Å². The average molecular weight is 182 g/mol. The van der Waals surface area contributed by atoms with E-state index in [1.807, 2.05) is 6.92 Å². The molecule has 1 rings (SSSR count). The van der Waals surface area contributed by atoms with Gasteiger partial charge >= 0.3 is 5.97 Å². The highest BCUT2D eigenvalue weighted by Crippen LogP contribution is 2.30. The number of hydrogen-bond donors (Lipinski definition) is 0. The molecule has 3 heteroatoms. The van der Waals surface area contributed by atoms with Gasteiger partial charge in [-0.05, 0) is 20.3 Å². The van der Waals surface area contributed by atoms with E-state index in [9.17, 15) is 9.59 Å². The number of cyclic esters (lactones) is 1. The SMILES string of the molecule is CCC1(C)C=C(C(C)=O)COC1=O. The van der Waals surface area contributed by atoms with Gasteiger partial charge in [0.05, 0.1) is 5.41 Å². The van der Waals surface area contributed by atoms with Crippen molar-refractivity contribution in [2.24, 2.45) is 5.41 Å². The Bertz CT molecular complexity index is 278. The molecule has 1 unspecified atom stereocenters. The lowest BCUT2D eigenvalue weighted by Crippen LogP contribution is -2.33. The highest BCUT2D eigenvalue weighted by molar-refractivity contribution is 5.96. The first kappa shape index (κ1) is 9.96. The van der Waals surface area contributed by atoms with Crippen LogP contribution in [0.15, 0.2) is 11.6 Å². The molecule has 0 spiro atoms. The number of ether oxygens (including phenoxy) is 1. The molecule has 0 saturated carbocycles. The maximum atomic E-state index is 11.3. The van der Waals surface area contributed by atoms with Crippen LogP contribution in [0.5, 0.6) is 0 Å². The summed E-state index contributed by atoms with van der Waals surface area (Å²) in [6.45, 7) is 5.31. The summed E-state index contributed by atoms with van der Waals surface area (Å²) in [4.78, 5) is 22.4. The highest BCUT2D eigenvalue weighted by atomic mass is 16.5. The van der Waals surface area contributed by atoms with E-state index in [1.54, 1.807) is 13.0 Å². The first-order valence-electron chi connectivity index (χ1n) is 4.39. The van der Waals surface area contributed by atoms with Gasteiger partial charge in [0.1, 0.15) is 6.61 Å². The number of carbonyl (C=O) groups excluding carboxylic acids is 2. The Morgan fingerprint density at radius 2 is 2.31 bits per heavy atom. The van der Waals surface area contributed by atoms with Crippen molar-refractivity contribution in [2.45, 2.75) is 27.2 Å². The summed E-state index contributed by atoms with van der Waals surface area (Å²) in [5, 5.41) is 0. The fourth-order valence-corrected chi connectivity index (χ4v) is 1.24. The topological polar surface area (TPSA) is 43.4 Å². The number of carbonyl (C=O) groups is 2. The van der Waals surface area contributed by atoms with Crippen LogP contribution in [0, 0.1) is 5.41 Å². The van der Waals surface area contributed by atoms with Crippen LogP contribution in [0.4, 0.5) is 0 Å². The third-order valence-corrected chi connectivity index (χ3v) is 2.50. The van der Waals surface area contributed by atoms with Crippen LogP contribution in [0.25, 0.3) is 0 Å². The molecule has 0 fully saturated rings. The Hall–Kier alpha value is -1.12. The second kappa shape index (κ2) is 3.32. The van der Waals surface area contributed by atoms with E-state index in [4.69, 9.17) is 4.74 Å². The first-order chi connectivity index (χ1) is 5.99. The summed E-state index contributed by atoms with van der Waals surface area (Å²) in [6.07, 6.45) is 2.39. The molecule has 1 heterocycles. The predicted molar refractivity (Wildman–Crippen MR) is 48.1 cm³/mol. The Morgan fingerprint density at radius 3 is 2.77 bits per heavy atom. The molecule has 0 aromatic heterocycles. The molecular formula is C10H14O3. The summed E-state index contributed by atoms with van der Waals surface area (Å²) < 4.78 is 4.93. The number of rotatable bonds is 2. The van der Waals surface area contributed by atoms with Gasteiger partial charge in [0.15, 0.2) is 5.78 Å². The number of esters is 1. The molecule has 13 heavy (non-hydrogen) atoms. The molecule has 72 valence electrons. The quantitative estimate of drug-likeness (QED) is 0.607. The van der Waals surface area contributed by atoms with E-state index in [0.29, 0.717) is 12.0 Å². The van der Waals surface area contributed by atoms with Crippen LogP contribution in [0.1, 0.15) is 27.2 Å². The monoisotopic (exact) mass is 182 g/mol. The van der Waals surface area contributed by atoms with Gasteiger partial charge < -0.3 is 4.74 Å². The molecule has 0 radical (unpaired) electrons. The summed E-state index contributed by atoms with van der Waals surface area (Å²) in [5.41, 5.74) is -0.0110. The second-order valence-electron chi connectivity index (χ2n) is 3.57. The van der Waals surface area contributed by atoms with E-state index in [0.717, 1.165) is 0 Å². The van der Waals surface area contributed by atoms with Crippen molar-refractivity contribution in [2.75, 3.05) is 6.61 Å². The molecule has 1 aliphatic heterocycles. The number of ketones is 1. The molecule has 0 saturated heterocycles. The summed E-state index contributed by atoms with van der Waals surface area (Å²) in [7, 11) is 0. The van der Waals surface area contributed by atoms with Gasteiger partial charge in [-0.2, -0.15) is 0 Å². The number of hydrogen-bond acceptors (Lipinski definition) is 3. The van der Waals surface area contributed by atoms with E-state index >= 15 is 0 Å². The smallest absolute Gasteiger partial charge is 0.315 e. The minimum absolute atomic E-state index is 0.0211. The summed E-state index contributed by atoms with van der Waals surface area (Å²) in [6, 6.07) is 0. The third kappa shape index (κ3) is 1.79.